The molecule has 6 nitrogen and oxygen atoms in total. The monoisotopic (exact) mass is 325 g/mol. The fourth-order valence-corrected chi connectivity index (χ4v) is 2.99. The molecule has 0 spiro atoms. The summed E-state index contributed by atoms with van der Waals surface area (Å²) in [7, 11) is 0. The van der Waals surface area contributed by atoms with Crippen molar-refractivity contribution in [3.8, 4) is 0 Å². The highest BCUT2D eigenvalue weighted by Gasteiger charge is 2.26. The summed E-state index contributed by atoms with van der Waals surface area (Å²) in [6.45, 7) is 2.17. The standard InChI is InChI=1S/C18H23N5O/c24-18(21-12-9-15-6-2-1-3-7-15)22-14-16-8-4-13-23(16)17-19-10-5-11-20-17/h1-3,5-7,10-11,16H,4,8-9,12-14H2,(H2,21,22,24)/t16-/m1/s1. The van der Waals surface area contributed by atoms with Crippen LogP contribution in [0.5, 0.6) is 0 Å². The van der Waals surface area contributed by atoms with Crippen molar-refractivity contribution in [1.29, 1.82) is 0 Å². The minimum atomic E-state index is -0.119. The third kappa shape index (κ3) is 4.44. The quantitative estimate of drug-likeness (QED) is 0.852. The molecule has 126 valence electrons. The summed E-state index contributed by atoms with van der Waals surface area (Å²) in [6, 6.07) is 12.1. The maximum absolute atomic E-state index is 12.0. The Morgan fingerprint density at radius 1 is 1.12 bits per heavy atom. The Hall–Kier alpha value is -2.63. The molecule has 0 unspecified atom stereocenters. The Morgan fingerprint density at radius 3 is 2.71 bits per heavy atom. The van der Waals surface area contributed by atoms with Gasteiger partial charge in [0, 0.05) is 38.1 Å². The van der Waals surface area contributed by atoms with E-state index in [0.29, 0.717) is 13.1 Å². The molecular weight excluding hydrogens is 302 g/mol. The average molecular weight is 325 g/mol. The molecule has 0 bridgehead atoms. The fourth-order valence-electron chi connectivity index (χ4n) is 2.99. The maximum Gasteiger partial charge on any atom is 0.314 e. The molecule has 1 aliphatic rings. The van der Waals surface area contributed by atoms with Crippen LogP contribution in [0, 0.1) is 0 Å². The molecule has 1 saturated heterocycles. The van der Waals surface area contributed by atoms with Gasteiger partial charge in [-0.3, -0.25) is 0 Å². The van der Waals surface area contributed by atoms with E-state index in [-0.39, 0.29) is 12.1 Å². The van der Waals surface area contributed by atoms with Gasteiger partial charge in [-0.25, -0.2) is 14.8 Å². The Labute approximate surface area is 142 Å². The van der Waals surface area contributed by atoms with Crippen molar-refractivity contribution < 1.29 is 4.79 Å². The summed E-state index contributed by atoms with van der Waals surface area (Å²) >= 11 is 0. The molecule has 1 aliphatic heterocycles. The second-order valence-electron chi connectivity index (χ2n) is 5.91. The summed E-state index contributed by atoms with van der Waals surface area (Å²) < 4.78 is 0. The molecule has 24 heavy (non-hydrogen) atoms. The van der Waals surface area contributed by atoms with Crippen LogP contribution in [0.2, 0.25) is 0 Å². The van der Waals surface area contributed by atoms with Crippen molar-refractivity contribution in [2.45, 2.75) is 25.3 Å². The van der Waals surface area contributed by atoms with Gasteiger partial charge in [-0.15, -0.1) is 0 Å². The van der Waals surface area contributed by atoms with Gasteiger partial charge >= 0.3 is 6.03 Å². The van der Waals surface area contributed by atoms with E-state index in [4.69, 9.17) is 0 Å². The second kappa shape index (κ2) is 8.29. The lowest BCUT2D eigenvalue weighted by Crippen LogP contribution is -2.44. The van der Waals surface area contributed by atoms with E-state index in [0.717, 1.165) is 31.8 Å². The first-order valence-electron chi connectivity index (χ1n) is 8.42. The number of benzene rings is 1. The smallest absolute Gasteiger partial charge is 0.314 e. The molecule has 1 aromatic heterocycles. The van der Waals surface area contributed by atoms with Crippen LogP contribution in [0.4, 0.5) is 10.7 Å². The average Bonchev–Trinajstić information content (AvgIpc) is 3.10. The van der Waals surface area contributed by atoms with Gasteiger partial charge in [0.25, 0.3) is 0 Å². The highest BCUT2D eigenvalue weighted by atomic mass is 16.2. The third-order valence-corrected chi connectivity index (χ3v) is 4.23. The van der Waals surface area contributed by atoms with Crippen molar-refractivity contribution in [1.82, 2.24) is 20.6 Å². The van der Waals surface area contributed by atoms with E-state index in [1.54, 1.807) is 12.4 Å². The van der Waals surface area contributed by atoms with E-state index >= 15 is 0 Å². The number of hydrogen-bond acceptors (Lipinski definition) is 4. The van der Waals surface area contributed by atoms with Crippen LogP contribution in [0.1, 0.15) is 18.4 Å². The summed E-state index contributed by atoms with van der Waals surface area (Å²) in [5.74, 6) is 0.742. The van der Waals surface area contributed by atoms with Crippen molar-refractivity contribution in [3.63, 3.8) is 0 Å². The van der Waals surface area contributed by atoms with E-state index in [2.05, 4.69) is 37.6 Å². The SMILES string of the molecule is O=C(NCCc1ccccc1)NC[C@H]1CCCN1c1ncccn1. The van der Waals surface area contributed by atoms with Gasteiger partial charge in [-0.05, 0) is 30.9 Å². The number of urea groups is 1. The van der Waals surface area contributed by atoms with Crippen molar-refractivity contribution in [3.05, 3.63) is 54.4 Å². The maximum atomic E-state index is 12.0. The van der Waals surface area contributed by atoms with Crippen LogP contribution in [-0.2, 0) is 6.42 Å². The number of anilines is 1. The van der Waals surface area contributed by atoms with Gasteiger partial charge < -0.3 is 15.5 Å². The Bertz CT molecular complexity index is 634. The summed E-state index contributed by atoms with van der Waals surface area (Å²) in [6.07, 6.45) is 6.48. The number of nitrogens with zero attached hydrogens (tertiary/aromatic N) is 3. The molecule has 0 radical (unpaired) electrons. The minimum Gasteiger partial charge on any atom is -0.338 e. The Kier molecular flexibility index (Phi) is 5.61. The molecular formula is C18H23N5O. The predicted octanol–water partition coefficient (Wildman–Crippen LogP) is 1.99. The predicted molar refractivity (Wildman–Crippen MR) is 93.9 cm³/mol. The zero-order valence-electron chi connectivity index (χ0n) is 13.7. The van der Waals surface area contributed by atoms with E-state index in [1.807, 2.05) is 24.3 Å². The number of aromatic nitrogens is 2. The van der Waals surface area contributed by atoms with Gasteiger partial charge in [-0.2, -0.15) is 0 Å². The zero-order chi connectivity index (χ0) is 16.6. The lowest BCUT2D eigenvalue weighted by molar-refractivity contribution is 0.240. The highest BCUT2D eigenvalue weighted by molar-refractivity contribution is 5.73. The summed E-state index contributed by atoms with van der Waals surface area (Å²) in [5, 5.41) is 5.87. The molecule has 2 aromatic rings. The minimum absolute atomic E-state index is 0.119. The molecule has 2 amide bonds. The fraction of sp³-hybridized carbons (Fsp3) is 0.389. The van der Waals surface area contributed by atoms with Crippen LogP contribution in [0.25, 0.3) is 0 Å². The van der Waals surface area contributed by atoms with Crippen LogP contribution >= 0.6 is 0 Å². The normalized spacial score (nSPS) is 16.8. The highest BCUT2D eigenvalue weighted by Crippen LogP contribution is 2.21. The zero-order valence-corrected chi connectivity index (χ0v) is 13.7. The van der Waals surface area contributed by atoms with Crippen molar-refractivity contribution in [2.24, 2.45) is 0 Å². The third-order valence-electron chi connectivity index (χ3n) is 4.23. The lowest BCUT2D eigenvalue weighted by Gasteiger charge is -2.24. The Morgan fingerprint density at radius 2 is 1.92 bits per heavy atom. The van der Waals surface area contributed by atoms with E-state index in [9.17, 15) is 4.79 Å². The number of nitrogens with one attached hydrogen (secondary N) is 2. The molecule has 0 saturated carbocycles. The number of hydrogen-bond donors (Lipinski definition) is 2. The van der Waals surface area contributed by atoms with Crippen LogP contribution < -0.4 is 15.5 Å². The number of carbonyl (C=O) groups excluding carboxylic acids is 1. The molecule has 2 N–H and O–H groups in total. The van der Waals surface area contributed by atoms with Crippen LogP contribution in [-0.4, -0.2) is 41.7 Å². The largest absolute Gasteiger partial charge is 0.338 e. The first kappa shape index (κ1) is 16.2. The molecule has 1 atom stereocenters. The van der Waals surface area contributed by atoms with E-state index in [1.165, 1.54) is 5.56 Å². The number of rotatable bonds is 6. The van der Waals surface area contributed by atoms with Gasteiger partial charge in [0.1, 0.15) is 0 Å². The molecule has 2 heterocycles. The van der Waals surface area contributed by atoms with Crippen LogP contribution in [0.3, 0.4) is 0 Å². The van der Waals surface area contributed by atoms with E-state index < -0.39 is 0 Å². The summed E-state index contributed by atoms with van der Waals surface area (Å²) in [4.78, 5) is 22.7. The van der Waals surface area contributed by atoms with Gasteiger partial charge in [-0.1, -0.05) is 30.3 Å². The molecule has 6 heteroatoms. The van der Waals surface area contributed by atoms with Gasteiger partial charge in [0.15, 0.2) is 0 Å². The molecule has 3 rings (SSSR count). The first-order valence-corrected chi connectivity index (χ1v) is 8.42. The lowest BCUT2D eigenvalue weighted by atomic mass is 10.1. The van der Waals surface area contributed by atoms with Gasteiger partial charge in [0.05, 0.1) is 0 Å². The number of amides is 2. The van der Waals surface area contributed by atoms with Crippen molar-refractivity contribution in [2.75, 3.05) is 24.5 Å². The Balaban J connectivity index is 1.41. The van der Waals surface area contributed by atoms with Crippen LogP contribution in [0.15, 0.2) is 48.8 Å². The molecule has 1 fully saturated rings. The van der Waals surface area contributed by atoms with Crippen molar-refractivity contribution >= 4 is 12.0 Å². The molecule has 1 aromatic carbocycles. The molecule has 0 aliphatic carbocycles. The van der Waals surface area contributed by atoms with Gasteiger partial charge in [0.2, 0.25) is 5.95 Å². The first-order chi connectivity index (χ1) is 11.8. The topological polar surface area (TPSA) is 70.2 Å². The second-order valence-corrected chi connectivity index (χ2v) is 5.91. The number of carbonyl (C=O) groups is 1. The summed E-state index contributed by atoms with van der Waals surface area (Å²) in [5.41, 5.74) is 1.22.